The number of benzene rings is 1. The first-order valence-corrected chi connectivity index (χ1v) is 7.95. The van der Waals surface area contributed by atoms with Gasteiger partial charge in [-0.15, -0.1) is 0 Å². The minimum absolute atomic E-state index is 0.0996. The maximum atomic E-state index is 12.5. The molecule has 3 rings (SSSR count). The lowest BCUT2D eigenvalue weighted by molar-refractivity contribution is 0.0697. The van der Waals surface area contributed by atoms with E-state index in [1.807, 2.05) is 0 Å². The molecule has 0 aliphatic heterocycles. The third-order valence-corrected chi connectivity index (χ3v) is 4.11. The fourth-order valence-corrected chi connectivity index (χ4v) is 2.71. The first-order chi connectivity index (χ1) is 11.0. The number of rotatable bonds is 4. The predicted molar refractivity (Wildman–Crippen MR) is 93.6 cm³/mol. The SMILES string of the molecule is O=C(O)c1ccc(CCn2cnc3cnc(I)cc3c2=O)cc1. The van der Waals surface area contributed by atoms with Crippen molar-refractivity contribution in [2.75, 3.05) is 0 Å². The van der Waals surface area contributed by atoms with E-state index in [4.69, 9.17) is 5.11 Å². The third kappa shape index (κ3) is 3.39. The molecule has 0 fully saturated rings. The van der Waals surface area contributed by atoms with Crippen LogP contribution in [0.4, 0.5) is 0 Å². The number of pyridine rings is 1. The van der Waals surface area contributed by atoms with Crippen LogP contribution in [0.3, 0.4) is 0 Å². The summed E-state index contributed by atoms with van der Waals surface area (Å²) in [4.78, 5) is 31.7. The van der Waals surface area contributed by atoms with Crippen molar-refractivity contribution in [3.8, 4) is 0 Å². The molecule has 0 spiro atoms. The van der Waals surface area contributed by atoms with Gasteiger partial charge in [0.15, 0.2) is 0 Å². The molecule has 23 heavy (non-hydrogen) atoms. The fraction of sp³-hybridized carbons (Fsp3) is 0.125. The Hall–Kier alpha value is -2.29. The van der Waals surface area contributed by atoms with E-state index in [1.54, 1.807) is 41.1 Å². The van der Waals surface area contributed by atoms with Crippen molar-refractivity contribution in [1.82, 2.24) is 14.5 Å². The minimum Gasteiger partial charge on any atom is -0.478 e. The summed E-state index contributed by atoms with van der Waals surface area (Å²) in [5.41, 5.74) is 1.70. The van der Waals surface area contributed by atoms with Gasteiger partial charge in [-0.1, -0.05) is 12.1 Å². The molecule has 1 N–H and O–H groups in total. The zero-order valence-corrected chi connectivity index (χ0v) is 14.1. The Bertz CT molecular complexity index is 935. The standard InChI is InChI=1S/C16H12IN3O3/c17-14-7-12-13(8-18-14)19-9-20(15(12)21)6-5-10-1-3-11(4-2-10)16(22)23/h1-4,7-9H,5-6H2,(H,22,23). The van der Waals surface area contributed by atoms with Gasteiger partial charge in [0.2, 0.25) is 0 Å². The Morgan fingerprint density at radius 2 is 1.96 bits per heavy atom. The summed E-state index contributed by atoms with van der Waals surface area (Å²) in [6.07, 6.45) is 3.73. The zero-order valence-electron chi connectivity index (χ0n) is 11.9. The van der Waals surface area contributed by atoms with Crippen molar-refractivity contribution in [3.63, 3.8) is 0 Å². The van der Waals surface area contributed by atoms with Gasteiger partial charge in [0.1, 0.15) is 3.70 Å². The summed E-state index contributed by atoms with van der Waals surface area (Å²) in [6, 6.07) is 8.37. The Kier molecular flexibility index (Phi) is 4.37. The van der Waals surface area contributed by atoms with Gasteiger partial charge in [-0.05, 0) is 52.8 Å². The number of aromatic carboxylic acids is 1. The number of fused-ring (bicyclic) bond motifs is 1. The zero-order chi connectivity index (χ0) is 16.4. The predicted octanol–water partition coefficient (Wildman–Crippen LogP) is 2.34. The molecule has 0 unspecified atom stereocenters. The molecule has 0 bridgehead atoms. The van der Waals surface area contributed by atoms with Gasteiger partial charge in [-0.3, -0.25) is 9.36 Å². The molecule has 2 aromatic heterocycles. The van der Waals surface area contributed by atoms with Gasteiger partial charge in [0.05, 0.1) is 29.0 Å². The molecule has 3 aromatic rings. The molecular formula is C16H12IN3O3. The lowest BCUT2D eigenvalue weighted by atomic mass is 10.1. The summed E-state index contributed by atoms with van der Waals surface area (Å²) < 4.78 is 2.31. The third-order valence-electron chi connectivity index (χ3n) is 3.52. The second-order valence-corrected chi connectivity index (χ2v) is 6.12. The van der Waals surface area contributed by atoms with Crippen LogP contribution in [0.25, 0.3) is 10.9 Å². The van der Waals surface area contributed by atoms with Crippen LogP contribution in [0.5, 0.6) is 0 Å². The van der Waals surface area contributed by atoms with Crippen LogP contribution in [0.15, 0.2) is 47.7 Å². The molecular weight excluding hydrogens is 409 g/mol. The van der Waals surface area contributed by atoms with Crippen LogP contribution >= 0.6 is 22.6 Å². The van der Waals surface area contributed by atoms with Crippen molar-refractivity contribution >= 4 is 39.5 Å². The topological polar surface area (TPSA) is 85.1 Å². The van der Waals surface area contributed by atoms with Crippen LogP contribution in [0.2, 0.25) is 0 Å². The first kappa shape index (κ1) is 15.6. The molecule has 0 saturated carbocycles. The Morgan fingerprint density at radius 3 is 2.65 bits per heavy atom. The molecule has 6 nitrogen and oxygen atoms in total. The monoisotopic (exact) mass is 421 g/mol. The number of carboxylic acid groups (broad SMARTS) is 1. The molecule has 0 amide bonds. The second kappa shape index (κ2) is 6.45. The number of carboxylic acids is 1. The summed E-state index contributed by atoms with van der Waals surface area (Å²) in [7, 11) is 0. The molecule has 116 valence electrons. The van der Waals surface area contributed by atoms with E-state index >= 15 is 0 Å². The van der Waals surface area contributed by atoms with Crippen LogP contribution in [-0.2, 0) is 13.0 Å². The molecule has 0 aliphatic rings. The normalized spacial score (nSPS) is 10.8. The maximum absolute atomic E-state index is 12.5. The van der Waals surface area contributed by atoms with Crippen molar-refractivity contribution in [1.29, 1.82) is 0 Å². The van der Waals surface area contributed by atoms with Crippen molar-refractivity contribution in [3.05, 3.63) is 68.0 Å². The quantitative estimate of drug-likeness (QED) is 0.517. The smallest absolute Gasteiger partial charge is 0.335 e. The van der Waals surface area contributed by atoms with E-state index in [2.05, 4.69) is 32.6 Å². The highest BCUT2D eigenvalue weighted by atomic mass is 127. The van der Waals surface area contributed by atoms with Gasteiger partial charge >= 0.3 is 5.97 Å². The molecule has 7 heteroatoms. The highest BCUT2D eigenvalue weighted by Crippen LogP contribution is 2.10. The lowest BCUT2D eigenvalue weighted by Crippen LogP contribution is -2.21. The molecule has 0 aliphatic carbocycles. The highest BCUT2D eigenvalue weighted by Gasteiger charge is 2.06. The molecule has 0 atom stereocenters. The summed E-state index contributed by atoms with van der Waals surface area (Å²) in [5.74, 6) is -0.949. The number of aromatic nitrogens is 3. The second-order valence-electron chi connectivity index (χ2n) is 5.02. The summed E-state index contributed by atoms with van der Waals surface area (Å²) in [6.45, 7) is 0.479. The minimum atomic E-state index is -0.949. The van der Waals surface area contributed by atoms with Crippen molar-refractivity contribution in [2.24, 2.45) is 0 Å². The van der Waals surface area contributed by atoms with Crippen LogP contribution in [-0.4, -0.2) is 25.6 Å². The van der Waals surface area contributed by atoms with Crippen molar-refractivity contribution in [2.45, 2.75) is 13.0 Å². The molecule has 0 saturated heterocycles. The summed E-state index contributed by atoms with van der Waals surface area (Å²) >= 11 is 2.06. The van der Waals surface area contributed by atoms with Crippen LogP contribution < -0.4 is 5.56 Å². The number of hydrogen-bond acceptors (Lipinski definition) is 4. The average molecular weight is 421 g/mol. The van der Waals surface area contributed by atoms with Gasteiger partial charge in [0, 0.05) is 6.54 Å². The van der Waals surface area contributed by atoms with Gasteiger partial charge in [-0.2, -0.15) is 0 Å². The molecule has 1 aromatic carbocycles. The Morgan fingerprint density at radius 1 is 1.22 bits per heavy atom. The highest BCUT2D eigenvalue weighted by molar-refractivity contribution is 14.1. The molecule has 0 radical (unpaired) electrons. The lowest BCUT2D eigenvalue weighted by Gasteiger charge is -2.07. The Labute approximate surface area is 145 Å². The van der Waals surface area contributed by atoms with E-state index in [0.717, 1.165) is 9.26 Å². The average Bonchev–Trinajstić information content (AvgIpc) is 2.55. The van der Waals surface area contributed by atoms with E-state index in [9.17, 15) is 9.59 Å². The first-order valence-electron chi connectivity index (χ1n) is 6.87. The summed E-state index contributed by atoms with van der Waals surface area (Å²) in [5, 5.41) is 9.43. The van der Waals surface area contributed by atoms with Crippen LogP contribution in [0, 0.1) is 3.70 Å². The largest absolute Gasteiger partial charge is 0.478 e. The number of carbonyl (C=O) groups is 1. The van der Waals surface area contributed by atoms with E-state index in [0.29, 0.717) is 23.9 Å². The maximum Gasteiger partial charge on any atom is 0.335 e. The molecule has 2 heterocycles. The number of hydrogen-bond donors (Lipinski definition) is 1. The number of aryl methyl sites for hydroxylation is 2. The van der Waals surface area contributed by atoms with Gasteiger partial charge in [0.25, 0.3) is 5.56 Å². The van der Waals surface area contributed by atoms with E-state index in [1.165, 1.54) is 6.33 Å². The van der Waals surface area contributed by atoms with Crippen LogP contribution in [0.1, 0.15) is 15.9 Å². The van der Waals surface area contributed by atoms with E-state index < -0.39 is 5.97 Å². The van der Waals surface area contributed by atoms with Crippen molar-refractivity contribution < 1.29 is 9.90 Å². The number of nitrogens with zero attached hydrogens (tertiary/aromatic N) is 3. The fourth-order valence-electron chi connectivity index (χ4n) is 2.26. The number of halogens is 1. The van der Waals surface area contributed by atoms with E-state index in [-0.39, 0.29) is 11.1 Å². The Balaban J connectivity index is 1.83. The van der Waals surface area contributed by atoms with Gasteiger partial charge in [-0.25, -0.2) is 14.8 Å². The van der Waals surface area contributed by atoms with Gasteiger partial charge < -0.3 is 5.11 Å².